The van der Waals surface area contributed by atoms with Gasteiger partial charge in [0, 0.05) is 30.1 Å². The zero-order chi connectivity index (χ0) is 26.8. The summed E-state index contributed by atoms with van der Waals surface area (Å²) in [6.07, 6.45) is 3.41. The largest absolute Gasteiger partial charge is 0.433 e. The fraction of sp³-hybridized carbons (Fsp3) is 0.333. The number of hydrogen-bond donors (Lipinski definition) is 3. The number of nitrogens with zero attached hydrogens (tertiary/aromatic N) is 3. The predicted octanol–water partition coefficient (Wildman–Crippen LogP) is 4.29. The second-order valence-electron chi connectivity index (χ2n) is 9.73. The molecule has 37 heavy (non-hydrogen) atoms. The first-order chi connectivity index (χ1) is 17.5. The van der Waals surface area contributed by atoms with Crippen molar-refractivity contribution in [3.8, 4) is 0 Å². The zero-order valence-electron chi connectivity index (χ0n) is 20.5. The highest BCUT2D eigenvalue weighted by atomic mass is 19.4. The molecule has 0 spiro atoms. The standard InChI is InChI=1S/C27H28F3N5O2/c1-26(2,37)18-10-16(11-18)15-33-22-13-19(20-6-3-4-9-32-20)23(12-17(22)14-31)35-25(36)21-7-5-8-24(34-21)27(28,29)30/h3-9,12-14,16,18,37H,10-11,15,31H2,1-2H3,(H,35,36)/b17-14-,33-22-. The van der Waals surface area contributed by atoms with Crippen molar-refractivity contribution in [2.45, 2.75) is 38.5 Å². The van der Waals surface area contributed by atoms with Gasteiger partial charge in [-0.05, 0) is 74.9 Å². The number of carbonyl (C=O) groups is 1. The number of aliphatic imine (C=N–C) groups is 1. The molecule has 194 valence electrons. The van der Waals surface area contributed by atoms with Crippen molar-refractivity contribution in [1.82, 2.24) is 15.3 Å². The molecule has 1 saturated carbocycles. The first-order valence-corrected chi connectivity index (χ1v) is 11.9. The number of aromatic nitrogens is 2. The van der Waals surface area contributed by atoms with E-state index in [9.17, 15) is 23.1 Å². The summed E-state index contributed by atoms with van der Waals surface area (Å²) in [6.45, 7) is 4.18. The van der Waals surface area contributed by atoms with Gasteiger partial charge >= 0.3 is 6.18 Å². The number of nitrogens with two attached hydrogens (primary N) is 1. The van der Waals surface area contributed by atoms with Crippen LogP contribution in [0, 0.1) is 11.8 Å². The molecule has 0 aromatic carbocycles. The Hall–Kier alpha value is -3.79. The summed E-state index contributed by atoms with van der Waals surface area (Å²) in [4.78, 5) is 25.5. The highest BCUT2D eigenvalue weighted by Crippen LogP contribution is 2.41. The Morgan fingerprint density at radius 1 is 1.19 bits per heavy atom. The van der Waals surface area contributed by atoms with E-state index in [0.717, 1.165) is 25.0 Å². The summed E-state index contributed by atoms with van der Waals surface area (Å²) in [5.41, 5.74) is 6.16. The van der Waals surface area contributed by atoms with Gasteiger partial charge in [-0.1, -0.05) is 12.1 Å². The molecule has 0 unspecified atom stereocenters. The maximum atomic E-state index is 13.1. The lowest BCUT2D eigenvalue weighted by atomic mass is 9.67. The summed E-state index contributed by atoms with van der Waals surface area (Å²) < 4.78 is 39.2. The number of nitrogens with one attached hydrogen (secondary N) is 1. The van der Waals surface area contributed by atoms with E-state index < -0.39 is 23.4 Å². The Labute approximate surface area is 212 Å². The van der Waals surface area contributed by atoms with Crippen molar-refractivity contribution in [1.29, 1.82) is 0 Å². The number of carbonyl (C=O) groups excluding carboxylic acids is 1. The molecule has 10 heteroatoms. The molecule has 0 radical (unpaired) electrons. The quantitative estimate of drug-likeness (QED) is 0.536. The van der Waals surface area contributed by atoms with Crippen molar-refractivity contribution in [2.75, 3.05) is 6.54 Å². The molecular weight excluding hydrogens is 483 g/mol. The molecule has 2 aromatic heterocycles. The fourth-order valence-corrected chi connectivity index (χ4v) is 4.31. The van der Waals surface area contributed by atoms with E-state index in [1.54, 1.807) is 36.5 Å². The minimum atomic E-state index is -4.67. The van der Waals surface area contributed by atoms with Gasteiger partial charge < -0.3 is 16.2 Å². The van der Waals surface area contributed by atoms with E-state index in [-0.39, 0.29) is 11.6 Å². The third kappa shape index (κ3) is 6.14. The third-order valence-corrected chi connectivity index (χ3v) is 6.56. The number of pyridine rings is 2. The molecule has 4 N–H and O–H groups in total. The van der Waals surface area contributed by atoms with Crippen LogP contribution in [0.1, 0.15) is 48.6 Å². The van der Waals surface area contributed by atoms with E-state index in [2.05, 4.69) is 15.3 Å². The number of allylic oxidation sites excluding steroid dienone is 4. The van der Waals surface area contributed by atoms with Crippen molar-refractivity contribution in [3.05, 3.63) is 89.3 Å². The molecule has 1 fully saturated rings. The molecule has 0 bridgehead atoms. The van der Waals surface area contributed by atoms with E-state index in [0.29, 0.717) is 40.7 Å². The van der Waals surface area contributed by atoms with Crippen molar-refractivity contribution >= 4 is 17.2 Å². The van der Waals surface area contributed by atoms with Crippen LogP contribution in [-0.4, -0.2) is 38.8 Å². The Morgan fingerprint density at radius 3 is 2.57 bits per heavy atom. The van der Waals surface area contributed by atoms with Crippen LogP contribution in [0.2, 0.25) is 0 Å². The van der Waals surface area contributed by atoms with Gasteiger partial charge in [0.15, 0.2) is 0 Å². The molecule has 1 amide bonds. The van der Waals surface area contributed by atoms with Crippen LogP contribution in [0.4, 0.5) is 13.2 Å². The molecule has 0 atom stereocenters. The number of alkyl halides is 3. The summed E-state index contributed by atoms with van der Waals surface area (Å²) in [5, 5.41) is 12.8. The number of amides is 1. The van der Waals surface area contributed by atoms with Crippen LogP contribution in [-0.2, 0) is 6.18 Å². The molecular formula is C27H28F3N5O2. The molecule has 2 aliphatic carbocycles. The average Bonchev–Trinajstić information content (AvgIpc) is 2.82. The lowest BCUT2D eigenvalue weighted by Gasteiger charge is -2.42. The maximum absolute atomic E-state index is 13.1. The Balaban J connectivity index is 1.60. The van der Waals surface area contributed by atoms with Crippen LogP contribution in [0.3, 0.4) is 0 Å². The smallest absolute Gasteiger partial charge is 0.404 e. The van der Waals surface area contributed by atoms with Gasteiger partial charge in [-0.3, -0.25) is 14.8 Å². The monoisotopic (exact) mass is 511 g/mol. The van der Waals surface area contributed by atoms with Gasteiger partial charge in [-0.15, -0.1) is 0 Å². The minimum absolute atomic E-state index is 0.236. The summed E-state index contributed by atoms with van der Waals surface area (Å²) in [7, 11) is 0. The topological polar surface area (TPSA) is 113 Å². The van der Waals surface area contributed by atoms with Crippen molar-refractivity contribution in [2.24, 2.45) is 22.6 Å². The van der Waals surface area contributed by atoms with Gasteiger partial charge in [0.2, 0.25) is 0 Å². The van der Waals surface area contributed by atoms with Gasteiger partial charge in [-0.2, -0.15) is 13.2 Å². The molecule has 4 rings (SSSR count). The molecule has 7 nitrogen and oxygen atoms in total. The second kappa shape index (κ2) is 10.3. The van der Waals surface area contributed by atoms with Crippen LogP contribution < -0.4 is 11.1 Å². The molecule has 2 heterocycles. The minimum Gasteiger partial charge on any atom is -0.404 e. The van der Waals surface area contributed by atoms with E-state index >= 15 is 0 Å². The normalized spacial score (nSPS) is 22.3. The Kier molecular flexibility index (Phi) is 7.31. The zero-order valence-corrected chi connectivity index (χ0v) is 20.5. The highest BCUT2D eigenvalue weighted by Gasteiger charge is 2.38. The Morgan fingerprint density at radius 2 is 1.95 bits per heavy atom. The van der Waals surface area contributed by atoms with Crippen molar-refractivity contribution < 1.29 is 23.1 Å². The lowest BCUT2D eigenvalue weighted by molar-refractivity contribution is -0.141. The Bertz CT molecular complexity index is 1290. The van der Waals surface area contributed by atoms with Gasteiger partial charge in [0.1, 0.15) is 11.4 Å². The molecule has 2 aliphatic rings. The third-order valence-electron chi connectivity index (χ3n) is 6.56. The number of aliphatic hydroxyl groups is 1. The first-order valence-electron chi connectivity index (χ1n) is 11.9. The van der Waals surface area contributed by atoms with Gasteiger partial charge in [0.05, 0.1) is 22.7 Å². The first kappa shape index (κ1) is 26.3. The van der Waals surface area contributed by atoms with Crippen LogP contribution in [0.5, 0.6) is 0 Å². The molecule has 2 aromatic rings. The van der Waals surface area contributed by atoms with Crippen LogP contribution in [0.25, 0.3) is 5.57 Å². The second-order valence-corrected chi connectivity index (χ2v) is 9.73. The van der Waals surface area contributed by atoms with Crippen molar-refractivity contribution in [3.63, 3.8) is 0 Å². The van der Waals surface area contributed by atoms with E-state index in [4.69, 9.17) is 10.7 Å². The summed E-state index contributed by atoms with van der Waals surface area (Å²) in [6, 6.07) is 8.44. The molecule has 0 aliphatic heterocycles. The van der Waals surface area contributed by atoms with Crippen LogP contribution in [0.15, 0.2) is 77.2 Å². The number of hydrogen-bond acceptors (Lipinski definition) is 6. The maximum Gasteiger partial charge on any atom is 0.433 e. The van der Waals surface area contributed by atoms with Crippen LogP contribution >= 0.6 is 0 Å². The SMILES string of the molecule is CC(C)(O)C1CC(C/N=C2/C=C(c3ccccn3)C(NC(=O)c3cccc(C(F)(F)F)n3)=C/C2=C/N)C1. The van der Waals surface area contributed by atoms with Gasteiger partial charge in [0.25, 0.3) is 5.91 Å². The predicted molar refractivity (Wildman–Crippen MR) is 134 cm³/mol. The van der Waals surface area contributed by atoms with E-state index in [1.807, 2.05) is 13.8 Å². The lowest BCUT2D eigenvalue weighted by Crippen LogP contribution is -2.41. The average molecular weight is 512 g/mol. The highest BCUT2D eigenvalue weighted by molar-refractivity contribution is 6.18. The van der Waals surface area contributed by atoms with Gasteiger partial charge in [-0.25, -0.2) is 4.98 Å². The molecule has 0 saturated heterocycles. The summed E-state index contributed by atoms with van der Waals surface area (Å²) >= 11 is 0. The summed E-state index contributed by atoms with van der Waals surface area (Å²) in [5.74, 6) is -0.228. The number of rotatable bonds is 6. The number of halogens is 3. The van der Waals surface area contributed by atoms with E-state index in [1.165, 1.54) is 12.3 Å². The fourth-order valence-electron chi connectivity index (χ4n) is 4.31.